The first-order chi connectivity index (χ1) is 11.7. The van der Waals surface area contributed by atoms with Crippen LogP contribution in [0.3, 0.4) is 0 Å². The fourth-order valence-electron chi connectivity index (χ4n) is 3.95. The van der Waals surface area contributed by atoms with E-state index >= 15 is 0 Å². The molecule has 6 nitrogen and oxygen atoms in total. The maximum absolute atomic E-state index is 12.7. The molecule has 2 atom stereocenters. The highest BCUT2D eigenvalue weighted by Gasteiger charge is 2.49. The van der Waals surface area contributed by atoms with Gasteiger partial charge in [0.2, 0.25) is 11.8 Å². The van der Waals surface area contributed by atoms with Gasteiger partial charge in [0.15, 0.2) is 0 Å². The smallest absolute Gasteiger partial charge is 0.227 e. The van der Waals surface area contributed by atoms with Crippen molar-refractivity contribution >= 4 is 11.8 Å². The standard InChI is InChI=1S/C18H26N4O2/c23-16(22-11-14-4-3-8-19-10-14)6-9-21-17(24)18-7-2-1-5-15(18)12-20-13-18/h3-4,8,10,15,20H,1-2,5-7,9,11-13H2,(H,21,24)(H,22,23)/t15-,18+/m0/s1. The van der Waals surface area contributed by atoms with Crippen molar-refractivity contribution in [3.63, 3.8) is 0 Å². The molecule has 24 heavy (non-hydrogen) atoms. The highest BCUT2D eigenvalue weighted by Crippen LogP contribution is 2.43. The summed E-state index contributed by atoms with van der Waals surface area (Å²) in [5, 5.41) is 9.22. The highest BCUT2D eigenvalue weighted by atomic mass is 16.2. The van der Waals surface area contributed by atoms with Crippen molar-refractivity contribution in [1.29, 1.82) is 0 Å². The summed E-state index contributed by atoms with van der Waals surface area (Å²) < 4.78 is 0. The Morgan fingerprint density at radius 2 is 2.25 bits per heavy atom. The summed E-state index contributed by atoms with van der Waals surface area (Å²) in [7, 11) is 0. The molecule has 2 heterocycles. The lowest BCUT2D eigenvalue weighted by Gasteiger charge is -2.37. The predicted molar refractivity (Wildman–Crippen MR) is 91.0 cm³/mol. The molecule has 130 valence electrons. The Morgan fingerprint density at radius 3 is 3.08 bits per heavy atom. The van der Waals surface area contributed by atoms with E-state index in [1.54, 1.807) is 12.4 Å². The van der Waals surface area contributed by atoms with Crippen LogP contribution in [0, 0.1) is 11.3 Å². The van der Waals surface area contributed by atoms with Crippen molar-refractivity contribution in [3.05, 3.63) is 30.1 Å². The number of carbonyl (C=O) groups is 2. The van der Waals surface area contributed by atoms with Gasteiger partial charge in [0.05, 0.1) is 5.41 Å². The Hall–Kier alpha value is -1.95. The number of pyridine rings is 1. The van der Waals surface area contributed by atoms with E-state index in [9.17, 15) is 9.59 Å². The molecule has 2 fully saturated rings. The number of carbonyl (C=O) groups excluding carboxylic acids is 2. The summed E-state index contributed by atoms with van der Waals surface area (Å²) >= 11 is 0. The molecule has 1 saturated heterocycles. The van der Waals surface area contributed by atoms with Crippen LogP contribution in [0.5, 0.6) is 0 Å². The summed E-state index contributed by atoms with van der Waals surface area (Å²) in [5.74, 6) is 0.518. The number of rotatable bonds is 6. The molecule has 0 radical (unpaired) electrons. The van der Waals surface area contributed by atoms with Crippen LogP contribution in [0.4, 0.5) is 0 Å². The number of hydrogen-bond donors (Lipinski definition) is 3. The number of hydrogen-bond acceptors (Lipinski definition) is 4. The fraction of sp³-hybridized carbons (Fsp3) is 0.611. The molecule has 0 spiro atoms. The van der Waals surface area contributed by atoms with E-state index < -0.39 is 0 Å². The first-order valence-electron chi connectivity index (χ1n) is 8.85. The molecule has 6 heteroatoms. The van der Waals surface area contributed by atoms with Crippen molar-refractivity contribution in [2.75, 3.05) is 19.6 Å². The fourth-order valence-corrected chi connectivity index (χ4v) is 3.95. The molecule has 1 aromatic heterocycles. The Balaban J connectivity index is 1.41. The number of nitrogens with zero attached hydrogens (tertiary/aromatic N) is 1. The molecule has 3 rings (SSSR count). The van der Waals surface area contributed by atoms with Gasteiger partial charge in [-0.05, 0) is 36.9 Å². The molecule has 0 aromatic carbocycles. The zero-order chi connectivity index (χ0) is 16.8. The lowest BCUT2D eigenvalue weighted by atomic mass is 9.67. The van der Waals surface area contributed by atoms with Crippen LogP contribution in [0.2, 0.25) is 0 Å². The summed E-state index contributed by atoms with van der Waals surface area (Å²) in [5.41, 5.74) is 0.723. The number of aromatic nitrogens is 1. The Kier molecular flexibility index (Phi) is 5.45. The normalized spacial score (nSPS) is 25.8. The van der Waals surface area contributed by atoms with Gasteiger partial charge >= 0.3 is 0 Å². The van der Waals surface area contributed by atoms with Crippen LogP contribution in [-0.4, -0.2) is 36.4 Å². The van der Waals surface area contributed by atoms with Crippen molar-refractivity contribution in [3.8, 4) is 0 Å². The monoisotopic (exact) mass is 330 g/mol. The second-order valence-electron chi connectivity index (χ2n) is 6.87. The summed E-state index contributed by atoms with van der Waals surface area (Å²) in [6.45, 7) is 2.58. The van der Waals surface area contributed by atoms with Crippen LogP contribution in [0.25, 0.3) is 0 Å². The Labute approximate surface area is 142 Å². The first-order valence-corrected chi connectivity index (χ1v) is 8.85. The maximum atomic E-state index is 12.7. The van der Waals surface area contributed by atoms with E-state index in [4.69, 9.17) is 0 Å². The van der Waals surface area contributed by atoms with Gasteiger partial charge in [0.25, 0.3) is 0 Å². The summed E-state index contributed by atoms with van der Waals surface area (Å²) in [6.07, 6.45) is 8.18. The molecule has 1 aliphatic heterocycles. The number of fused-ring (bicyclic) bond motifs is 1. The average molecular weight is 330 g/mol. The van der Waals surface area contributed by atoms with Crippen molar-refractivity contribution in [2.45, 2.75) is 38.6 Å². The molecule has 0 bridgehead atoms. The molecule has 1 aliphatic carbocycles. The van der Waals surface area contributed by atoms with E-state index in [0.29, 0.717) is 25.4 Å². The zero-order valence-electron chi connectivity index (χ0n) is 14.0. The van der Waals surface area contributed by atoms with Crippen LogP contribution in [0.15, 0.2) is 24.5 Å². The summed E-state index contributed by atoms with van der Waals surface area (Å²) in [6, 6.07) is 3.77. The highest BCUT2D eigenvalue weighted by molar-refractivity contribution is 5.84. The number of amides is 2. The van der Waals surface area contributed by atoms with E-state index in [1.165, 1.54) is 6.42 Å². The molecule has 0 unspecified atom stereocenters. The van der Waals surface area contributed by atoms with Gasteiger partial charge in [-0.15, -0.1) is 0 Å². The van der Waals surface area contributed by atoms with Gasteiger partial charge in [-0.1, -0.05) is 18.9 Å². The van der Waals surface area contributed by atoms with E-state index in [-0.39, 0.29) is 17.2 Å². The van der Waals surface area contributed by atoms with Gasteiger partial charge in [-0.3, -0.25) is 14.6 Å². The first kappa shape index (κ1) is 16.9. The topological polar surface area (TPSA) is 83.1 Å². The maximum Gasteiger partial charge on any atom is 0.227 e. The Morgan fingerprint density at radius 1 is 1.33 bits per heavy atom. The summed E-state index contributed by atoms with van der Waals surface area (Å²) in [4.78, 5) is 28.6. The third-order valence-corrected chi connectivity index (χ3v) is 5.34. The second-order valence-corrected chi connectivity index (χ2v) is 6.87. The largest absolute Gasteiger partial charge is 0.355 e. The quantitative estimate of drug-likeness (QED) is 0.726. The minimum Gasteiger partial charge on any atom is -0.355 e. The molecule has 1 aromatic rings. The van der Waals surface area contributed by atoms with Crippen LogP contribution in [-0.2, 0) is 16.1 Å². The Bertz CT molecular complexity index is 578. The van der Waals surface area contributed by atoms with Crippen LogP contribution < -0.4 is 16.0 Å². The van der Waals surface area contributed by atoms with Gasteiger partial charge in [0, 0.05) is 38.4 Å². The second kappa shape index (κ2) is 7.75. The molecule has 1 saturated carbocycles. The average Bonchev–Trinajstić information content (AvgIpc) is 3.06. The molecule has 3 N–H and O–H groups in total. The van der Waals surface area contributed by atoms with Crippen molar-refractivity contribution in [2.24, 2.45) is 11.3 Å². The minimum absolute atomic E-state index is 0.0543. The van der Waals surface area contributed by atoms with Crippen LogP contribution >= 0.6 is 0 Å². The third kappa shape index (κ3) is 3.75. The molecular weight excluding hydrogens is 304 g/mol. The predicted octanol–water partition coefficient (Wildman–Crippen LogP) is 0.984. The van der Waals surface area contributed by atoms with E-state index in [1.807, 2.05) is 12.1 Å². The molecule has 2 aliphatic rings. The number of nitrogens with one attached hydrogen (secondary N) is 3. The minimum atomic E-state index is -0.246. The van der Waals surface area contributed by atoms with Gasteiger partial charge in [-0.2, -0.15) is 0 Å². The van der Waals surface area contributed by atoms with Gasteiger partial charge in [0.1, 0.15) is 0 Å². The van der Waals surface area contributed by atoms with Gasteiger partial charge < -0.3 is 16.0 Å². The van der Waals surface area contributed by atoms with Crippen LogP contribution in [0.1, 0.15) is 37.7 Å². The van der Waals surface area contributed by atoms with Crippen molar-refractivity contribution < 1.29 is 9.59 Å². The SMILES string of the molecule is O=C(CCNC(=O)[C@@]12CCCC[C@H]1CNC2)NCc1cccnc1. The third-order valence-electron chi connectivity index (χ3n) is 5.34. The van der Waals surface area contributed by atoms with E-state index in [2.05, 4.69) is 20.9 Å². The van der Waals surface area contributed by atoms with Crippen molar-refractivity contribution in [1.82, 2.24) is 20.9 Å². The lowest BCUT2D eigenvalue weighted by molar-refractivity contribution is -0.134. The zero-order valence-corrected chi connectivity index (χ0v) is 14.0. The molecule has 2 amide bonds. The lowest BCUT2D eigenvalue weighted by Crippen LogP contribution is -2.48. The molecular formula is C18H26N4O2. The van der Waals surface area contributed by atoms with E-state index in [0.717, 1.165) is 37.9 Å². The van der Waals surface area contributed by atoms with Gasteiger partial charge in [-0.25, -0.2) is 0 Å².